The SMILES string of the molecule is Cc1cc(C(=O)/C=C/c2ccc(COc3ccc(Cl)c(Cl)c3)o2)c(C)s1. The third-order valence-electron chi connectivity index (χ3n) is 3.66. The average molecular weight is 407 g/mol. The molecule has 1 aromatic carbocycles. The van der Waals surface area contributed by atoms with Crippen LogP contribution in [0.1, 0.15) is 31.6 Å². The fraction of sp³-hybridized carbons (Fsp3) is 0.150. The largest absolute Gasteiger partial charge is 0.486 e. The first kappa shape index (κ1) is 18.8. The molecule has 3 nitrogen and oxygen atoms in total. The number of allylic oxidation sites excluding steroid dienone is 1. The minimum absolute atomic E-state index is 0.0307. The molecule has 0 aliphatic carbocycles. The van der Waals surface area contributed by atoms with Gasteiger partial charge in [0.15, 0.2) is 5.78 Å². The molecule has 2 heterocycles. The molecule has 0 amide bonds. The Kier molecular flexibility index (Phi) is 5.87. The predicted octanol–water partition coefficient (Wildman–Crippen LogP) is 6.74. The summed E-state index contributed by atoms with van der Waals surface area (Å²) in [5.74, 6) is 1.81. The van der Waals surface area contributed by atoms with Crippen LogP contribution in [0, 0.1) is 13.8 Å². The van der Waals surface area contributed by atoms with Crippen molar-refractivity contribution in [3.63, 3.8) is 0 Å². The normalized spacial score (nSPS) is 11.2. The van der Waals surface area contributed by atoms with Crippen molar-refractivity contribution < 1.29 is 13.9 Å². The minimum Gasteiger partial charge on any atom is -0.486 e. The van der Waals surface area contributed by atoms with Gasteiger partial charge in [-0.3, -0.25) is 4.79 Å². The zero-order valence-electron chi connectivity index (χ0n) is 14.2. The summed E-state index contributed by atoms with van der Waals surface area (Å²) in [6.45, 7) is 4.19. The lowest BCUT2D eigenvalue weighted by atomic mass is 10.1. The molecule has 0 unspecified atom stereocenters. The van der Waals surface area contributed by atoms with Crippen molar-refractivity contribution in [3.05, 3.63) is 79.4 Å². The molecule has 0 N–H and O–H groups in total. The summed E-state index contributed by atoms with van der Waals surface area (Å²) in [7, 11) is 0. The second-order valence-electron chi connectivity index (χ2n) is 5.69. The molecule has 3 aromatic rings. The van der Waals surface area contributed by atoms with Gasteiger partial charge in [-0.1, -0.05) is 23.2 Å². The van der Waals surface area contributed by atoms with Gasteiger partial charge in [-0.05, 0) is 56.3 Å². The van der Waals surface area contributed by atoms with Gasteiger partial charge in [0.05, 0.1) is 10.0 Å². The van der Waals surface area contributed by atoms with Gasteiger partial charge in [0.2, 0.25) is 0 Å². The molecule has 26 heavy (non-hydrogen) atoms. The van der Waals surface area contributed by atoms with Gasteiger partial charge in [-0.15, -0.1) is 11.3 Å². The number of halogens is 2. The molecule has 0 radical (unpaired) electrons. The van der Waals surface area contributed by atoms with Crippen LogP contribution in [0.5, 0.6) is 5.75 Å². The summed E-state index contributed by atoms with van der Waals surface area (Å²) in [6, 6.07) is 10.6. The van der Waals surface area contributed by atoms with Crippen LogP contribution < -0.4 is 4.74 Å². The number of ketones is 1. The van der Waals surface area contributed by atoms with Crippen molar-refractivity contribution in [2.45, 2.75) is 20.5 Å². The van der Waals surface area contributed by atoms with Gasteiger partial charge < -0.3 is 9.15 Å². The summed E-state index contributed by atoms with van der Waals surface area (Å²) in [5, 5.41) is 0.912. The molecule has 134 valence electrons. The molecule has 0 bridgehead atoms. The third kappa shape index (κ3) is 4.58. The van der Waals surface area contributed by atoms with Gasteiger partial charge >= 0.3 is 0 Å². The maximum absolute atomic E-state index is 12.3. The van der Waals surface area contributed by atoms with Gasteiger partial charge in [0.25, 0.3) is 0 Å². The van der Waals surface area contributed by atoms with Crippen LogP contribution in [-0.4, -0.2) is 5.78 Å². The van der Waals surface area contributed by atoms with Gasteiger partial charge in [0.1, 0.15) is 23.9 Å². The number of ether oxygens (including phenoxy) is 1. The molecular formula is C20H16Cl2O3S. The van der Waals surface area contributed by atoms with Gasteiger partial charge in [-0.2, -0.15) is 0 Å². The number of carbonyl (C=O) groups excluding carboxylic acids is 1. The van der Waals surface area contributed by atoms with E-state index < -0.39 is 0 Å². The number of aryl methyl sites for hydroxylation is 2. The molecule has 0 atom stereocenters. The highest BCUT2D eigenvalue weighted by atomic mass is 35.5. The first-order valence-electron chi connectivity index (χ1n) is 7.88. The standard InChI is InChI=1S/C20H16Cl2O3S/c1-12-9-17(13(2)26-12)20(23)8-6-14-3-4-16(25-14)11-24-15-5-7-18(21)19(22)10-15/h3-10H,11H2,1-2H3/b8-6+. The molecule has 0 aliphatic heterocycles. The van der Waals surface area contributed by atoms with E-state index in [0.29, 0.717) is 27.3 Å². The van der Waals surface area contributed by atoms with Crippen LogP contribution in [0.2, 0.25) is 10.0 Å². The van der Waals surface area contributed by atoms with Crippen molar-refractivity contribution in [2.24, 2.45) is 0 Å². The topological polar surface area (TPSA) is 39.4 Å². The predicted molar refractivity (Wildman–Crippen MR) is 107 cm³/mol. The molecule has 0 fully saturated rings. The highest BCUT2D eigenvalue weighted by Gasteiger charge is 2.09. The van der Waals surface area contributed by atoms with Crippen molar-refractivity contribution in [2.75, 3.05) is 0 Å². The second-order valence-corrected chi connectivity index (χ2v) is 7.97. The van der Waals surface area contributed by atoms with E-state index in [4.69, 9.17) is 32.4 Å². The summed E-state index contributed by atoms with van der Waals surface area (Å²) >= 11 is 13.5. The second kappa shape index (κ2) is 8.12. The number of thiophene rings is 1. The molecule has 0 aliphatic rings. The number of benzene rings is 1. The maximum Gasteiger partial charge on any atom is 0.187 e. The first-order chi connectivity index (χ1) is 12.4. The molecule has 6 heteroatoms. The Bertz CT molecular complexity index is 969. The molecule has 0 saturated heterocycles. The number of hydrogen-bond acceptors (Lipinski definition) is 4. The smallest absolute Gasteiger partial charge is 0.187 e. The summed E-state index contributed by atoms with van der Waals surface area (Å²) in [6.07, 6.45) is 3.19. The lowest BCUT2D eigenvalue weighted by Gasteiger charge is -2.05. The van der Waals surface area contributed by atoms with Gasteiger partial charge in [0, 0.05) is 21.4 Å². The van der Waals surface area contributed by atoms with E-state index in [-0.39, 0.29) is 12.4 Å². The van der Waals surface area contributed by atoms with Crippen molar-refractivity contribution in [1.29, 1.82) is 0 Å². The van der Waals surface area contributed by atoms with Crippen molar-refractivity contribution in [1.82, 2.24) is 0 Å². The van der Waals surface area contributed by atoms with Crippen LogP contribution in [0.25, 0.3) is 6.08 Å². The molecular weight excluding hydrogens is 391 g/mol. The van der Waals surface area contributed by atoms with E-state index >= 15 is 0 Å². The van der Waals surface area contributed by atoms with Crippen LogP contribution >= 0.6 is 34.5 Å². The van der Waals surface area contributed by atoms with E-state index in [1.54, 1.807) is 41.7 Å². The zero-order valence-corrected chi connectivity index (χ0v) is 16.5. The van der Waals surface area contributed by atoms with E-state index in [1.165, 1.54) is 6.08 Å². The first-order valence-corrected chi connectivity index (χ1v) is 9.45. The zero-order chi connectivity index (χ0) is 18.7. The van der Waals surface area contributed by atoms with E-state index in [1.807, 2.05) is 26.0 Å². The van der Waals surface area contributed by atoms with Crippen molar-refractivity contribution >= 4 is 46.4 Å². The Hall–Kier alpha value is -2.01. The minimum atomic E-state index is -0.0307. The molecule has 3 rings (SSSR count). The van der Waals surface area contributed by atoms with Crippen LogP contribution in [0.15, 0.2) is 46.9 Å². The summed E-state index contributed by atoms with van der Waals surface area (Å²) < 4.78 is 11.3. The Morgan fingerprint density at radius 1 is 1.15 bits per heavy atom. The van der Waals surface area contributed by atoms with Gasteiger partial charge in [-0.25, -0.2) is 0 Å². The van der Waals surface area contributed by atoms with Crippen LogP contribution in [0.3, 0.4) is 0 Å². The van der Waals surface area contributed by atoms with Crippen LogP contribution in [-0.2, 0) is 6.61 Å². The highest BCUT2D eigenvalue weighted by Crippen LogP contribution is 2.27. The summed E-state index contributed by atoms with van der Waals surface area (Å²) in [5.41, 5.74) is 0.735. The number of furan rings is 1. The van der Waals surface area contributed by atoms with Crippen molar-refractivity contribution in [3.8, 4) is 5.75 Å². The third-order valence-corrected chi connectivity index (χ3v) is 5.36. The molecule has 2 aromatic heterocycles. The lowest BCUT2D eigenvalue weighted by Crippen LogP contribution is -1.94. The molecule has 0 spiro atoms. The van der Waals surface area contributed by atoms with Crippen LogP contribution in [0.4, 0.5) is 0 Å². The van der Waals surface area contributed by atoms with E-state index in [2.05, 4.69) is 0 Å². The fourth-order valence-corrected chi connectivity index (χ4v) is 3.62. The highest BCUT2D eigenvalue weighted by molar-refractivity contribution is 7.12. The fourth-order valence-electron chi connectivity index (χ4n) is 2.41. The Balaban J connectivity index is 1.61. The van der Waals surface area contributed by atoms with E-state index in [9.17, 15) is 4.79 Å². The average Bonchev–Trinajstić information content (AvgIpc) is 3.19. The number of rotatable bonds is 6. The quantitative estimate of drug-likeness (QED) is 0.336. The summed E-state index contributed by atoms with van der Waals surface area (Å²) in [4.78, 5) is 14.4. The maximum atomic E-state index is 12.3. The Morgan fingerprint density at radius 2 is 1.96 bits per heavy atom. The lowest BCUT2D eigenvalue weighted by molar-refractivity contribution is 0.104. The number of hydrogen-bond donors (Lipinski definition) is 0. The molecule has 0 saturated carbocycles. The Morgan fingerprint density at radius 3 is 2.65 bits per heavy atom. The number of carbonyl (C=O) groups is 1. The van der Waals surface area contributed by atoms with E-state index in [0.717, 1.165) is 15.3 Å². The Labute approximate surface area is 165 Å². The monoisotopic (exact) mass is 406 g/mol.